The van der Waals surface area contributed by atoms with Crippen molar-refractivity contribution in [3.05, 3.63) is 60.2 Å². The van der Waals surface area contributed by atoms with E-state index in [1.807, 2.05) is 0 Å². The summed E-state index contributed by atoms with van der Waals surface area (Å²) in [7, 11) is 0. The Balaban J connectivity index is 1.80. The summed E-state index contributed by atoms with van der Waals surface area (Å²) in [6.07, 6.45) is 0. The van der Waals surface area contributed by atoms with E-state index in [-0.39, 0.29) is 5.75 Å². The lowest BCUT2D eigenvalue weighted by Gasteiger charge is -2.21. The lowest BCUT2D eigenvalue weighted by molar-refractivity contribution is -0.142. The van der Waals surface area contributed by atoms with Gasteiger partial charge in [-0.1, -0.05) is 36.4 Å². The zero-order valence-corrected chi connectivity index (χ0v) is 13.6. The fourth-order valence-electron chi connectivity index (χ4n) is 3.90. The highest BCUT2D eigenvalue weighted by Crippen LogP contribution is 2.46. The van der Waals surface area contributed by atoms with Crippen LogP contribution in [-0.4, -0.2) is 34.0 Å². The number of nitrogens with zero attached hydrogens (tertiary/aromatic N) is 1. The summed E-state index contributed by atoms with van der Waals surface area (Å²) in [4.78, 5) is 38.7. The number of phenols is 1. The van der Waals surface area contributed by atoms with Gasteiger partial charge in [0.05, 0.1) is 17.5 Å². The average molecular weight is 352 g/mol. The van der Waals surface area contributed by atoms with E-state index in [4.69, 9.17) is 0 Å². The maximum atomic E-state index is 13.1. The van der Waals surface area contributed by atoms with Crippen molar-refractivity contribution in [1.29, 1.82) is 0 Å². The number of carboxylic acid groups (broad SMARTS) is 1. The van der Waals surface area contributed by atoms with E-state index in [0.717, 1.165) is 4.90 Å². The highest BCUT2D eigenvalue weighted by Gasteiger charge is 2.61. The summed E-state index contributed by atoms with van der Waals surface area (Å²) < 4.78 is 0. The number of nitrogens with one attached hydrogen (secondary N) is 1. The third-order valence-corrected chi connectivity index (χ3v) is 5.03. The third-order valence-electron chi connectivity index (χ3n) is 5.03. The number of hydrogen-bond donors (Lipinski definition) is 3. The fourth-order valence-corrected chi connectivity index (χ4v) is 3.90. The van der Waals surface area contributed by atoms with E-state index < -0.39 is 41.7 Å². The monoisotopic (exact) mass is 352 g/mol. The summed E-state index contributed by atoms with van der Waals surface area (Å²) in [6.45, 7) is 0. The first-order valence-electron chi connectivity index (χ1n) is 8.20. The lowest BCUT2D eigenvalue weighted by Crippen LogP contribution is -2.43. The van der Waals surface area contributed by atoms with Crippen molar-refractivity contribution in [2.24, 2.45) is 11.8 Å². The Labute approximate surface area is 148 Å². The van der Waals surface area contributed by atoms with Gasteiger partial charge in [-0.3, -0.25) is 19.7 Å². The van der Waals surface area contributed by atoms with Gasteiger partial charge in [-0.2, -0.15) is 0 Å². The predicted octanol–water partition coefficient (Wildman–Crippen LogP) is 1.30. The molecule has 3 N–H and O–H groups in total. The van der Waals surface area contributed by atoms with Crippen molar-refractivity contribution in [3.63, 3.8) is 0 Å². The molecule has 0 bridgehead atoms. The molecule has 0 radical (unpaired) electrons. The largest absolute Gasteiger partial charge is 0.508 e. The topological polar surface area (TPSA) is 107 Å². The normalized spacial score (nSPS) is 27.6. The van der Waals surface area contributed by atoms with E-state index in [2.05, 4.69) is 5.32 Å². The molecule has 0 aliphatic carbocycles. The van der Waals surface area contributed by atoms with Crippen LogP contribution in [0.4, 0.5) is 5.69 Å². The second kappa shape index (κ2) is 5.96. The third kappa shape index (κ3) is 2.28. The first-order valence-corrected chi connectivity index (χ1v) is 8.20. The maximum Gasteiger partial charge on any atom is 0.321 e. The van der Waals surface area contributed by atoms with Crippen molar-refractivity contribution >= 4 is 23.5 Å². The van der Waals surface area contributed by atoms with Crippen molar-refractivity contribution in [2.75, 3.05) is 4.90 Å². The molecule has 2 aromatic rings. The molecule has 26 heavy (non-hydrogen) atoms. The molecule has 2 amide bonds. The van der Waals surface area contributed by atoms with Crippen LogP contribution in [0.1, 0.15) is 11.6 Å². The minimum absolute atomic E-state index is 0.0480. The number of imide groups is 1. The van der Waals surface area contributed by atoms with Gasteiger partial charge in [0.15, 0.2) is 0 Å². The van der Waals surface area contributed by atoms with Crippen LogP contribution < -0.4 is 10.2 Å². The van der Waals surface area contributed by atoms with Gasteiger partial charge in [0.2, 0.25) is 11.8 Å². The Morgan fingerprint density at radius 3 is 2.19 bits per heavy atom. The van der Waals surface area contributed by atoms with Gasteiger partial charge in [0, 0.05) is 11.6 Å². The SMILES string of the molecule is O=C(O)[C@@H]1N[C@H](c2ccccc2O)[C@H]2C(=O)N(c3ccccc3)C(=O)[C@@H]21. The summed E-state index contributed by atoms with van der Waals surface area (Å²) in [5, 5.41) is 22.6. The van der Waals surface area contributed by atoms with Gasteiger partial charge in [-0.15, -0.1) is 0 Å². The van der Waals surface area contributed by atoms with Gasteiger partial charge in [0.25, 0.3) is 0 Å². The van der Waals surface area contributed by atoms with Crippen LogP contribution in [0, 0.1) is 11.8 Å². The first kappa shape index (κ1) is 16.3. The Morgan fingerprint density at radius 1 is 0.923 bits per heavy atom. The zero-order valence-electron chi connectivity index (χ0n) is 13.6. The zero-order chi connectivity index (χ0) is 18.4. The standard InChI is InChI=1S/C19H16N2O5/c22-12-9-5-4-8-11(12)15-13-14(16(20-15)19(25)26)18(24)21(17(13)23)10-6-2-1-3-7-10/h1-9,13-16,20,22H,(H,25,26)/t13-,14-,15+,16+/m0/s1. The molecule has 2 fully saturated rings. The molecule has 2 heterocycles. The van der Waals surface area contributed by atoms with Gasteiger partial charge in [0.1, 0.15) is 11.8 Å². The van der Waals surface area contributed by atoms with Crippen LogP contribution in [-0.2, 0) is 14.4 Å². The van der Waals surface area contributed by atoms with E-state index in [1.54, 1.807) is 48.5 Å². The molecule has 4 atom stereocenters. The summed E-state index contributed by atoms with van der Waals surface area (Å²) in [5.74, 6) is -4.16. The number of fused-ring (bicyclic) bond motifs is 1. The molecule has 2 aliphatic rings. The van der Waals surface area contributed by atoms with E-state index in [1.165, 1.54) is 6.07 Å². The molecule has 132 valence electrons. The number of anilines is 1. The van der Waals surface area contributed by atoms with Crippen LogP contribution in [0.25, 0.3) is 0 Å². The number of aliphatic carboxylic acids is 1. The number of para-hydroxylation sites is 2. The number of carbonyl (C=O) groups excluding carboxylic acids is 2. The minimum Gasteiger partial charge on any atom is -0.508 e. The molecule has 2 aliphatic heterocycles. The van der Waals surface area contributed by atoms with Gasteiger partial charge in [-0.25, -0.2) is 4.90 Å². The molecule has 4 rings (SSSR count). The summed E-state index contributed by atoms with van der Waals surface area (Å²) in [5.41, 5.74) is 0.819. The van der Waals surface area contributed by atoms with Crippen LogP contribution in [0.3, 0.4) is 0 Å². The van der Waals surface area contributed by atoms with Crippen LogP contribution in [0.5, 0.6) is 5.75 Å². The second-order valence-corrected chi connectivity index (χ2v) is 6.42. The maximum absolute atomic E-state index is 13.1. The number of carbonyl (C=O) groups is 3. The van der Waals surface area contributed by atoms with Crippen molar-refractivity contribution in [2.45, 2.75) is 12.1 Å². The van der Waals surface area contributed by atoms with Crippen LogP contribution in [0.15, 0.2) is 54.6 Å². The molecular formula is C19H16N2O5. The molecule has 0 saturated carbocycles. The number of phenolic OH excluding ortho intramolecular Hbond substituents is 1. The molecule has 0 spiro atoms. The Bertz CT molecular complexity index is 898. The quantitative estimate of drug-likeness (QED) is 0.719. The van der Waals surface area contributed by atoms with E-state index in [9.17, 15) is 24.6 Å². The van der Waals surface area contributed by atoms with Crippen LogP contribution >= 0.6 is 0 Å². The van der Waals surface area contributed by atoms with Crippen molar-refractivity contribution in [3.8, 4) is 5.75 Å². The Hall–Kier alpha value is -3.19. The molecule has 7 heteroatoms. The molecule has 0 unspecified atom stereocenters. The van der Waals surface area contributed by atoms with E-state index in [0.29, 0.717) is 11.3 Å². The number of amides is 2. The molecular weight excluding hydrogens is 336 g/mol. The van der Waals surface area contributed by atoms with Crippen molar-refractivity contribution in [1.82, 2.24) is 5.32 Å². The number of aromatic hydroxyl groups is 1. The highest BCUT2D eigenvalue weighted by atomic mass is 16.4. The number of hydrogen-bond acceptors (Lipinski definition) is 5. The fraction of sp³-hybridized carbons (Fsp3) is 0.211. The highest BCUT2D eigenvalue weighted by molar-refractivity contribution is 6.23. The Morgan fingerprint density at radius 2 is 1.54 bits per heavy atom. The average Bonchev–Trinajstić information content (AvgIpc) is 3.14. The predicted molar refractivity (Wildman–Crippen MR) is 91.3 cm³/mol. The Kier molecular flexibility index (Phi) is 3.73. The van der Waals surface area contributed by atoms with Gasteiger partial charge >= 0.3 is 5.97 Å². The molecule has 7 nitrogen and oxygen atoms in total. The number of benzene rings is 2. The van der Waals surface area contributed by atoms with Crippen LogP contribution in [0.2, 0.25) is 0 Å². The smallest absolute Gasteiger partial charge is 0.321 e. The molecule has 0 aromatic heterocycles. The second-order valence-electron chi connectivity index (χ2n) is 6.42. The minimum atomic E-state index is -1.20. The number of carboxylic acids is 1. The van der Waals surface area contributed by atoms with E-state index >= 15 is 0 Å². The lowest BCUT2D eigenvalue weighted by atomic mass is 9.86. The van der Waals surface area contributed by atoms with Gasteiger partial charge < -0.3 is 10.2 Å². The molecule has 2 aromatic carbocycles. The first-order chi connectivity index (χ1) is 12.5. The molecule has 2 saturated heterocycles. The summed E-state index contributed by atoms with van der Waals surface area (Å²) in [6, 6.07) is 12.9. The number of rotatable bonds is 3. The van der Waals surface area contributed by atoms with Crippen molar-refractivity contribution < 1.29 is 24.6 Å². The van der Waals surface area contributed by atoms with Gasteiger partial charge in [-0.05, 0) is 18.2 Å². The summed E-state index contributed by atoms with van der Waals surface area (Å²) >= 11 is 0.